The number of carbonyl (C=O) groups is 2. The molecule has 3 saturated carbocycles. The molecule has 0 aromatic heterocycles. The highest BCUT2D eigenvalue weighted by Crippen LogP contribution is 2.72. The maximum Gasteiger partial charge on any atom is 0.176 e. The van der Waals surface area contributed by atoms with Crippen LogP contribution in [-0.2, 0) is 9.59 Å². The number of carbonyl (C=O) groups excluding carboxylic acids is 2. The van der Waals surface area contributed by atoms with Crippen molar-refractivity contribution in [3.63, 3.8) is 0 Å². The lowest BCUT2D eigenvalue weighted by molar-refractivity contribution is -0.156. The zero-order chi connectivity index (χ0) is 24.2. The van der Waals surface area contributed by atoms with Gasteiger partial charge in [0.1, 0.15) is 6.07 Å². The summed E-state index contributed by atoms with van der Waals surface area (Å²) in [4.78, 5) is 26.9. The minimum atomic E-state index is -0.432. The molecule has 1 unspecified atom stereocenters. The largest absolute Gasteiger partial charge is 0.325 e. The molecule has 0 aliphatic heterocycles. The molecule has 4 nitrogen and oxygen atoms in total. The average Bonchev–Trinajstić information content (AvgIpc) is 2.74. The second-order valence-corrected chi connectivity index (χ2v) is 13.6. The molecule has 0 heterocycles. The first-order valence-corrected chi connectivity index (χ1v) is 13.0. The Morgan fingerprint density at radius 3 is 2.33 bits per heavy atom. The van der Waals surface area contributed by atoms with Crippen molar-refractivity contribution in [2.24, 2.45) is 51.1 Å². The summed E-state index contributed by atoms with van der Waals surface area (Å²) in [5, 5.41) is 9.70. The highest BCUT2D eigenvalue weighted by Gasteiger charge is 2.68. The molecule has 0 spiro atoms. The van der Waals surface area contributed by atoms with Gasteiger partial charge in [-0.25, -0.2) is 0 Å². The summed E-state index contributed by atoms with van der Waals surface area (Å²) in [6, 6.07) is 2.16. The molecule has 5 aliphatic rings. The third-order valence-electron chi connectivity index (χ3n) is 11.6. The van der Waals surface area contributed by atoms with Gasteiger partial charge < -0.3 is 5.73 Å². The molecule has 0 radical (unpaired) electrons. The van der Waals surface area contributed by atoms with Gasteiger partial charge in [-0.15, -0.1) is 0 Å². The van der Waals surface area contributed by atoms with Gasteiger partial charge in [-0.2, -0.15) is 5.26 Å². The molecule has 0 saturated heterocycles. The van der Waals surface area contributed by atoms with Crippen LogP contribution in [0.5, 0.6) is 0 Å². The second-order valence-electron chi connectivity index (χ2n) is 13.6. The SMILES string of the molecule is C[C@@H]1C(=O)C(C#N)=C[C@]2(C)C3=CC(=O)C4[C@H]5CC(C)(C)CC[C@]5(N)CC[C@@]4(C)[C@]3(C)CC[C@@H]12. The van der Waals surface area contributed by atoms with E-state index < -0.39 is 5.41 Å². The molecule has 0 aromatic carbocycles. The number of hydrogen-bond acceptors (Lipinski definition) is 4. The fourth-order valence-corrected chi connectivity index (χ4v) is 9.29. The number of ketones is 2. The van der Waals surface area contributed by atoms with Crippen LogP contribution in [0.15, 0.2) is 23.3 Å². The van der Waals surface area contributed by atoms with E-state index in [0.29, 0.717) is 0 Å². The summed E-state index contributed by atoms with van der Waals surface area (Å²) in [5.41, 5.74) is 7.75. The van der Waals surface area contributed by atoms with Crippen molar-refractivity contribution in [3.05, 3.63) is 23.3 Å². The predicted octanol–water partition coefficient (Wildman–Crippen LogP) is 5.53. The van der Waals surface area contributed by atoms with E-state index >= 15 is 0 Å². The van der Waals surface area contributed by atoms with Crippen LogP contribution in [0.4, 0.5) is 0 Å². The summed E-state index contributed by atoms with van der Waals surface area (Å²) in [6.45, 7) is 13.5. The van der Waals surface area contributed by atoms with Crippen LogP contribution >= 0.6 is 0 Å². The zero-order valence-electron chi connectivity index (χ0n) is 21.3. The van der Waals surface area contributed by atoms with Crippen LogP contribution < -0.4 is 5.73 Å². The van der Waals surface area contributed by atoms with Gasteiger partial charge in [0, 0.05) is 22.8 Å². The first kappa shape index (κ1) is 23.0. The molecular formula is C29H40N2O2. The Morgan fingerprint density at radius 1 is 1.00 bits per heavy atom. The molecule has 3 fully saturated rings. The lowest BCUT2D eigenvalue weighted by Crippen LogP contribution is -2.68. The van der Waals surface area contributed by atoms with Crippen molar-refractivity contribution in [3.8, 4) is 6.07 Å². The highest BCUT2D eigenvalue weighted by molar-refractivity contribution is 6.02. The number of Topliss-reactive ketones (excluding diaryl/α,β-unsaturated/α-hetero) is 1. The second kappa shape index (κ2) is 6.69. The third-order valence-corrected chi connectivity index (χ3v) is 11.6. The van der Waals surface area contributed by atoms with E-state index in [9.17, 15) is 14.9 Å². The Kier molecular flexibility index (Phi) is 4.67. The Bertz CT molecular complexity index is 1050. The lowest BCUT2D eigenvalue weighted by Gasteiger charge is -2.68. The quantitative estimate of drug-likeness (QED) is 0.528. The van der Waals surface area contributed by atoms with Gasteiger partial charge in [0.2, 0.25) is 0 Å². The maximum absolute atomic E-state index is 14.1. The topological polar surface area (TPSA) is 84.0 Å². The first-order valence-electron chi connectivity index (χ1n) is 13.0. The van der Waals surface area contributed by atoms with Gasteiger partial charge in [-0.3, -0.25) is 9.59 Å². The van der Waals surface area contributed by atoms with Gasteiger partial charge >= 0.3 is 0 Å². The molecule has 0 bridgehead atoms. The van der Waals surface area contributed by atoms with Crippen LogP contribution in [0.3, 0.4) is 0 Å². The van der Waals surface area contributed by atoms with Crippen LogP contribution in [0.25, 0.3) is 0 Å². The van der Waals surface area contributed by atoms with Gasteiger partial charge in [-0.1, -0.05) is 53.2 Å². The van der Waals surface area contributed by atoms with E-state index in [0.717, 1.165) is 44.9 Å². The molecule has 178 valence electrons. The highest BCUT2D eigenvalue weighted by atomic mass is 16.1. The van der Waals surface area contributed by atoms with Crippen molar-refractivity contribution in [1.29, 1.82) is 5.26 Å². The van der Waals surface area contributed by atoms with Crippen LogP contribution in [0.1, 0.15) is 86.5 Å². The Hall–Kier alpha value is -1.73. The van der Waals surface area contributed by atoms with Crippen molar-refractivity contribution >= 4 is 11.6 Å². The minimum absolute atomic E-state index is 0.0366. The normalized spacial score (nSPS) is 50.6. The predicted molar refractivity (Wildman–Crippen MR) is 129 cm³/mol. The summed E-state index contributed by atoms with van der Waals surface area (Å²) in [5.74, 6) is 0.311. The van der Waals surface area contributed by atoms with Crippen LogP contribution in [-0.4, -0.2) is 17.1 Å². The van der Waals surface area contributed by atoms with Gasteiger partial charge in [-0.05, 0) is 79.1 Å². The monoisotopic (exact) mass is 448 g/mol. The van der Waals surface area contributed by atoms with Gasteiger partial charge in [0.05, 0.1) is 5.57 Å². The van der Waals surface area contributed by atoms with E-state index in [1.165, 1.54) is 5.57 Å². The Balaban J connectivity index is 1.68. The molecule has 4 heteroatoms. The summed E-state index contributed by atoms with van der Waals surface area (Å²) < 4.78 is 0. The van der Waals surface area contributed by atoms with E-state index in [1.807, 2.05) is 19.1 Å². The van der Waals surface area contributed by atoms with E-state index in [4.69, 9.17) is 5.73 Å². The van der Waals surface area contributed by atoms with Gasteiger partial charge in [0.15, 0.2) is 11.6 Å². The Morgan fingerprint density at radius 2 is 1.67 bits per heavy atom. The summed E-state index contributed by atoms with van der Waals surface area (Å²) >= 11 is 0. The molecule has 0 amide bonds. The number of hydrogen-bond donors (Lipinski definition) is 1. The standard InChI is InChI=1S/C29H40N2O2/c1-17-19-7-8-27(5)22(26(19,4)14-18(16-30)24(17)33)13-21(32)23-20-15-25(2,3)9-11-29(20,31)12-10-28(23,27)6/h13-14,17,19-20,23H,7-12,15,31H2,1-6H3/t17-,19-,20+,23?,26-,27+,28+,29-/m0/s1. The number of nitrogens with two attached hydrogens (primary N) is 1. The number of rotatable bonds is 0. The summed E-state index contributed by atoms with van der Waals surface area (Å²) in [6.07, 6.45) is 10.9. The van der Waals surface area contributed by atoms with Crippen molar-refractivity contribution < 1.29 is 9.59 Å². The van der Waals surface area contributed by atoms with E-state index in [2.05, 4.69) is 40.7 Å². The summed E-state index contributed by atoms with van der Waals surface area (Å²) in [7, 11) is 0. The Labute approximate surface area is 199 Å². The average molecular weight is 449 g/mol. The zero-order valence-corrected chi connectivity index (χ0v) is 21.3. The van der Waals surface area contributed by atoms with Crippen molar-refractivity contribution in [2.45, 2.75) is 92.0 Å². The molecule has 2 N–H and O–H groups in total. The molecule has 33 heavy (non-hydrogen) atoms. The molecule has 5 aliphatic carbocycles. The fourth-order valence-electron chi connectivity index (χ4n) is 9.29. The fraction of sp³-hybridized carbons (Fsp3) is 0.759. The third kappa shape index (κ3) is 2.78. The van der Waals surface area contributed by atoms with Crippen molar-refractivity contribution in [2.75, 3.05) is 0 Å². The molecular weight excluding hydrogens is 408 g/mol. The first-order chi connectivity index (χ1) is 15.2. The number of allylic oxidation sites excluding steroid dienone is 4. The number of fused-ring (bicyclic) bond motifs is 7. The maximum atomic E-state index is 14.1. The molecule has 5 rings (SSSR count). The van der Waals surface area contributed by atoms with Gasteiger partial charge in [0.25, 0.3) is 0 Å². The minimum Gasteiger partial charge on any atom is -0.325 e. The smallest absolute Gasteiger partial charge is 0.176 e. The van der Waals surface area contributed by atoms with Crippen LogP contribution in [0, 0.1) is 56.7 Å². The van der Waals surface area contributed by atoms with E-state index in [1.54, 1.807) is 0 Å². The molecule has 0 aromatic rings. The lowest BCUT2D eigenvalue weighted by atomic mass is 9.36. The van der Waals surface area contributed by atoms with Crippen molar-refractivity contribution in [1.82, 2.24) is 0 Å². The number of nitrogens with zero attached hydrogens (tertiary/aromatic N) is 1. The number of nitriles is 1. The van der Waals surface area contributed by atoms with E-state index in [-0.39, 0.29) is 62.6 Å². The molecule has 8 atom stereocenters. The van der Waals surface area contributed by atoms with Crippen LogP contribution in [0.2, 0.25) is 0 Å².